The highest BCUT2D eigenvalue weighted by Gasteiger charge is 2.24. The van der Waals surface area contributed by atoms with E-state index in [1.54, 1.807) is 12.3 Å². The third-order valence-electron chi connectivity index (χ3n) is 4.75. The van der Waals surface area contributed by atoms with Gasteiger partial charge in [0.1, 0.15) is 5.82 Å². The van der Waals surface area contributed by atoms with Gasteiger partial charge in [0.25, 0.3) is 0 Å². The van der Waals surface area contributed by atoms with Gasteiger partial charge in [-0.15, -0.1) is 0 Å². The second-order valence-electron chi connectivity index (χ2n) is 6.89. The largest absolute Gasteiger partial charge is 0.310 e. The van der Waals surface area contributed by atoms with Gasteiger partial charge in [-0.1, -0.05) is 6.07 Å². The molecule has 0 fully saturated rings. The molecule has 0 saturated heterocycles. The average Bonchev–Trinajstić information content (AvgIpc) is 3.09. The number of aromatic nitrogens is 3. The molecule has 3 aromatic rings. The highest BCUT2D eigenvalue weighted by Crippen LogP contribution is 2.29. The Hall–Kier alpha value is -3.13. The number of pyridine rings is 1. The molecule has 1 aliphatic rings. The number of hydrogen-bond acceptors (Lipinski definition) is 4. The number of nitrogens with zero attached hydrogens (tertiary/aromatic N) is 3. The Labute approximate surface area is 160 Å². The molecule has 0 atom stereocenters. The summed E-state index contributed by atoms with van der Waals surface area (Å²) in [7, 11) is 0. The molecule has 1 amide bonds. The van der Waals surface area contributed by atoms with E-state index in [0.29, 0.717) is 36.6 Å². The van der Waals surface area contributed by atoms with E-state index in [0.717, 1.165) is 29.0 Å². The van der Waals surface area contributed by atoms with Gasteiger partial charge in [0.15, 0.2) is 11.6 Å². The van der Waals surface area contributed by atoms with E-state index in [9.17, 15) is 13.6 Å². The molecule has 1 aliphatic heterocycles. The van der Waals surface area contributed by atoms with E-state index in [4.69, 9.17) is 0 Å². The van der Waals surface area contributed by atoms with Gasteiger partial charge in [-0.2, -0.15) is 5.10 Å². The van der Waals surface area contributed by atoms with Crippen LogP contribution in [0.15, 0.2) is 36.5 Å². The van der Waals surface area contributed by atoms with Crippen LogP contribution in [-0.4, -0.2) is 39.1 Å². The Bertz CT molecular complexity index is 1020. The summed E-state index contributed by atoms with van der Waals surface area (Å²) in [5, 5.41) is 10.0. The molecule has 2 N–H and O–H groups in total. The zero-order valence-electron chi connectivity index (χ0n) is 15.3. The number of carbonyl (C=O) groups excluding carboxylic acids is 1. The minimum Gasteiger partial charge on any atom is -0.310 e. The molecule has 28 heavy (non-hydrogen) atoms. The van der Waals surface area contributed by atoms with Crippen LogP contribution in [0, 0.1) is 18.6 Å². The molecular weight excluding hydrogens is 364 g/mol. The van der Waals surface area contributed by atoms with Crippen LogP contribution in [0.1, 0.15) is 16.8 Å². The number of carbonyl (C=O) groups is 1. The Morgan fingerprint density at radius 3 is 2.86 bits per heavy atom. The van der Waals surface area contributed by atoms with Crippen molar-refractivity contribution in [3.63, 3.8) is 0 Å². The number of hydrogen-bond donors (Lipinski definition) is 2. The first-order valence-corrected chi connectivity index (χ1v) is 8.96. The van der Waals surface area contributed by atoms with Gasteiger partial charge >= 0.3 is 0 Å². The van der Waals surface area contributed by atoms with Crippen LogP contribution in [0.5, 0.6) is 0 Å². The normalized spacial score (nSPS) is 14.0. The van der Waals surface area contributed by atoms with Crippen molar-refractivity contribution in [3.05, 3.63) is 65.0 Å². The molecule has 4 rings (SSSR count). The topological polar surface area (TPSA) is 73.9 Å². The zero-order chi connectivity index (χ0) is 19.7. The summed E-state index contributed by atoms with van der Waals surface area (Å²) >= 11 is 0. The maximum atomic E-state index is 13.6. The van der Waals surface area contributed by atoms with Crippen LogP contribution in [-0.2, 0) is 17.8 Å². The molecule has 8 heteroatoms. The van der Waals surface area contributed by atoms with Gasteiger partial charge in [-0.05, 0) is 36.8 Å². The van der Waals surface area contributed by atoms with E-state index in [1.165, 1.54) is 6.07 Å². The van der Waals surface area contributed by atoms with Gasteiger partial charge in [0.2, 0.25) is 5.91 Å². The Balaban J connectivity index is 1.47. The standard InChI is InChI=1S/C20H19F2N5O/c1-12-2-5-18(23-9-12)24-19(28)11-27-7-6-17-14(10-27)20(26-25-17)13-3-4-15(21)16(22)8-13/h2-5,8-9H,6-7,10-11H2,1H3,(H,25,26)(H,23,24,28). The Morgan fingerprint density at radius 1 is 1.25 bits per heavy atom. The second-order valence-corrected chi connectivity index (χ2v) is 6.89. The van der Waals surface area contributed by atoms with Crippen molar-refractivity contribution in [1.29, 1.82) is 0 Å². The number of amides is 1. The van der Waals surface area contributed by atoms with Crippen LogP contribution >= 0.6 is 0 Å². The van der Waals surface area contributed by atoms with Crippen molar-refractivity contribution in [3.8, 4) is 11.3 Å². The first-order valence-electron chi connectivity index (χ1n) is 8.96. The van der Waals surface area contributed by atoms with Crippen molar-refractivity contribution >= 4 is 11.7 Å². The van der Waals surface area contributed by atoms with Crippen molar-refractivity contribution in [1.82, 2.24) is 20.1 Å². The van der Waals surface area contributed by atoms with Gasteiger partial charge in [0, 0.05) is 42.5 Å². The van der Waals surface area contributed by atoms with E-state index >= 15 is 0 Å². The van der Waals surface area contributed by atoms with Gasteiger partial charge in [-0.3, -0.25) is 14.8 Å². The number of anilines is 1. The maximum absolute atomic E-state index is 13.6. The third-order valence-corrected chi connectivity index (χ3v) is 4.75. The van der Waals surface area contributed by atoms with Crippen molar-refractivity contribution in [2.45, 2.75) is 19.9 Å². The molecule has 0 radical (unpaired) electrons. The summed E-state index contributed by atoms with van der Waals surface area (Å²) in [6.07, 6.45) is 2.39. The first-order chi connectivity index (χ1) is 13.5. The van der Waals surface area contributed by atoms with Crippen molar-refractivity contribution < 1.29 is 13.6 Å². The lowest BCUT2D eigenvalue weighted by Crippen LogP contribution is -2.37. The second kappa shape index (κ2) is 7.47. The smallest absolute Gasteiger partial charge is 0.239 e. The Kier molecular flexibility index (Phi) is 4.87. The summed E-state index contributed by atoms with van der Waals surface area (Å²) in [5.74, 6) is -1.44. The SMILES string of the molecule is Cc1ccc(NC(=O)CN2CCc3[nH]nc(-c4ccc(F)c(F)c4)c3C2)nc1. The molecule has 0 unspecified atom stereocenters. The lowest BCUT2D eigenvalue weighted by atomic mass is 10.0. The van der Waals surface area contributed by atoms with Crippen molar-refractivity contribution in [2.75, 3.05) is 18.4 Å². The highest BCUT2D eigenvalue weighted by atomic mass is 19.2. The molecule has 2 aromatic heterocycles. The van der Waals surface area contributed by atoms with Crippen LogP contribution in [0.4, 0.5) is 14.6 Å². The minimum atomic E-state index is -0.910. The minimum absolute atomic E-state index is 0.155. The van der Waals surface area contributed by atoms with E-state index in [1.807, 2.05) is 17.9 Å². The number of benzene rings is 1. The maximum Gasteiger partial charge on any atom is 0.239 e. The molecule has 0 aliphatic carbocycles. The molecule has 0 saturated carbocycles. The summed E-state index contributed by atoms with van der Waals surface area (Å²) in [6.45, 7) is 3.33. The lowest BCUT2D eigenvalue weighted by molar-refractivity contribution is -0.117. The quantitative estimate of drug-likeness (QED) is 0.726. The Morgan fingerprint density at radius 2 is 2.11 bits per heavy atom. The fraction of sp³-hybridized carbons (Fsp3) is 0.250. The molecule has 3 heterocycles. The monoisotopic (exact) mass is 383 g/mol. The molecule has 6 nitrogen and oxygen atoms in total. The van der Waals surface area contributed by atoms with Gasteiger partial charge in [-0.25, -0.2) is 13.8 Å². The molecular formula is C20H19F2N5O. The predicted octanol–water partition coefficient (Wildman–Crippen LogP) is 3.06. The number of aryl methyl sites for hydroxylation is 1. The predicted molar refractivity (Wildman–Crippen MR) is 101 cm³/mol. The average molecular weight is 383 g/mol. The number of aromatic amines is 1. The van der Waals surface area contributed by atoms with Crippen LogP contribution in [0.25, 0.3) is 11.3 Å². The fourth-order valence-corrected chi connectivity index (χ4v) is 3.30. The summed E-state index contributed by atoms with van der Waals surface area (Å²) in [5.41, 5.74) is 3.96. The van der Waals surface area contributed by atoms with Gasteiger partial charge in [0.05, 0.1) is 12.2 Å². The number of fused-ring (bicyclic) bond motifs is 1. The van der Waals surface area contributed by atoms with Crippen LogP contribution < -0.4 is 5.32 Å². The first kappa shape index (κ1) is 18.2. The lowest BCUT2D eigenvalue weighted by Gasteiger charge is -2.26. The number of nitrogens with one attached hydrogen (secondary N) is 2. The molecule has 1 aromatic carbocycles. The number of halogens is 2. The van der Waals surface area contributed by atoms with Crippen molar-refractivity contribution in [2.24, 2.45) is 0 Å². The molecule has 144 valence electrons. The van der Waals surface area contributed by atoms with Crippen LogP contribution in [0.3, 0.4) is 0 Å². The van der Waals surface area contributed by atoms with E-state index in [-0.39, 0.29) is 12.5 Å². The summed E-state index contributed by atoms with van der Waals surface area (Å²) < 4.78 is 26.8. The summed E-state index contributed by atoms with van der Waals surface area (Å²) in [6, 6.07) is 7.38. The molecule has 0 bridgehead atoms. The van der Waals surface area contributed by atoms with Gasteiger partial charge < -0.3 is 5.32 Å². The van der Waals surface area contributed by atoms with E-state index < -0.39 is 11.6 Å². The van der Waals surface area contributed by atoms with E-state index in [2.05, 4.69) is 20.5 Å². The number of rotatable bonds is 4. The highest BCUT2D eigenvalue weighted by molar-refractivity contribution is 5.91. The fourth-order valence-electron chi connectivity index (χ4n) is 3.30. The third kappa shape index (κ3) is 3.77. The van der Waals surface area contributed by atoms with Crippen LogP contribution in [0.2, 0.25) is 0 Å². The number of H-pyrrole nitrogens is 1. The molecule has 0 spiro atoms. The zero-order valence-corrected chi connectivity index (χ0v) is 15.3. The summed E-state index contributed by atoms with van der Waals surface area (Å²) in [4.78, 5) is 18.5.